The van der Waals surface area contributed by atoms with E-state index in [0.717, 1.165) is 12.0 Å². The third kappa shape index (κ3) is 2.49. The van der Waals surface area contributed by atoms with Crippen molar-refractivity contribution in [2.75, 3.05) is 18.6 Å². The van der Waals surface area contributed by atoms with Crippen LogP contribution in [0.25, 0.3) is 0 Å². The van der Waals surface area contributed by atoms with Gasteiger partial charge in [0.25, 0.3) is 0 Å². The van der Waals surface area contributed by atoms with Crippen LogP contribution in [0.5, 0.6) is 0 Å². The molecule has 0 bridgehead atoms. The van der Waals surface area contributed by atoms with Crippen LogP contribution < -0.4 is 4.90 Å². The smallest absolute Gasteiger partial charge is 0.153 e. The van der Waals surface area contributed by atoms with Crippen molar-refractivity contribution in [3.8, 4) is 0 Å². The van der Waals surface area contributed by atoms with E-state index < -0.39 is 0 Å². The molecule has 0 amide bonds. The summed E-state index contributed by atoms with van der Waals surface area (Å²) in [6, 6.07) is 5.21. The fourth-order valence-corrected chi connectivity index (χ4v) is 1.52. The third-order valence-corrected chi connectivity index (χ3v) is 2.78. The van der Waals surface area contributed by atoms with Crippen LogP contribution in [0.1, 0.15) is 17.3 Å². The Morgan fingerprint density at radius 3 is 2.80 bits per heavy atom. The van der Waals surface area contributed by atoms with E-state index in [4.69, 9.17) is 16.7 Å². The number of likely N-dealkylation sites (N-methyl/N-ethyl adjacent to an activating group) is 1. The fraction of sp³-hybridized carbons (Fsp3) is 0.364. The van der Waals surface area contributed by atoms with Gasteiger partial charge in [-0.15, -0.1) is 0 Å². The summed E-state index contributed by atoms with van der Waals surface area (Å²) >= 11 is 5.90. The number of rotatable bonds is 4. The SMILES string of the molecule is CC(CO)N(C)c1cccc(Cl)c1C=O. The van der Waals surface area contributed by atoms with E-state index in [1.54, 1.807) is 12.1 Å². The van der Waals surface area contributed by atoms with Crippen LogP contribution in [0.3, 0.4) is 0 Å². The Labute approximate surface area is 94.3 Å². The maximum absolute atomic E-state index is 10.9. The zero-order chi connectivity index (χ0) is 11.4. The summed E-state index contributed by atoms with van der Waals surface area (Å²) < 4.78 is 0. The van der Waals surface area contributed by atoms with Crippen LogP contribution in [0, 0.1) is 0 Å². The van der Waals surface area contributed by atoms with Crippen molar-refractivity contribution in [2.24, 2.45) is 0 Å². The number of aldehydes is 1. The lowest BCUT2D eigenvalue weighted by atomic mass is 10.1. The zero-order valence-electron chi connectivity index (χ0n) is 8.77. The number of nitrogens with zero attached hydrogens (tertiary/aromatic N) is 1. The monoisotopic (exact) mass is 227 g/mol. The molecule has 0 fully saturated rings. The predicted octanol–water partition coefficient (Wildman–Crippen LogP) is 1.97. The van der Waals surface area contributed by atoms with Crippen LogP contribution in [0.2, 0.25) is 5.02 Å². The maximum atomic E-state index is 10.9. The molecule has 82 valence electrons. The predicted molar refractivity (Wildman–Crippen MR) is 61.8 cm³/mol. The molecule has 1 N–H and O–H groups in total. The molecule has 3 nitrogen and oxygen atoms in total. The van der Waals surface area contributed by atoms with E-state index in [0.29, 0.717) is 10.6 Å². The number of halogens is 1. The molecule has 0 aliphatic heterocycles. The standard InChI is InChI=1S/C11H14ClNO2/c1-8(6-14)13(2)11-5-3-4-10(12)9(11)7-15/h3-5,7-8,14H,6H2,1-2H3. The van der Waals surface area contributed by atoms with Crippen LogP contribution in [-0.2, 0) is 0 Å². The summed E-state index contributed by atoms with van der Waals surface area (Å²) in [5.74, 6) is 0. The highest BCUT2D eigenvalue weighted by Crippen LogP contribution is 2.26. The molecule has 0 spiro atoms. The third-order valence-electron chi connectivity index (χ3n) is 2.45. The van der Waals surface area contributed by atoms with Crippen molar-refractivity contribution >= 4 is 23.6 Å². The molecular weight excluding hydrogens is 214 g/mol. The van der Waals surface area contributed by atoms with Gasteiger partial charge in [0.2, 0.25) is 0 Å². The van der Waals surface area contributed by atoms with E-state index in [1.165, 1.54) is 0 Å². The Bertz CT molecular complexity index is 354. The van der Waals surface area contributed by atoms with Crippen LogP contribution in [-0.4, -0.2) is 31.1 Å². The van der Waals surface area contributed by atoms with Crippen molar-refractivity contribution < 1.29 is 9.90 Å². The molecule has 0 aliphatic carbocycles. The highest BCUT2D eigenvalue weighted by atomic mass is 35.5. The Kier molecular flexibility index (Phi) is 4.12. The average molecular weight is 228 g/mol. The molecule has 0 saturated carbocycles. The summed E-state index contributed by atoms with van der Waals surface area (Å²) in [4.78, 5) is 12.7. The van der Waals surface area contributed by atoms with Gasteiger partial charge in [-0.25, -0.2) is 0 Å². The largest absolute Gasteiger partial charge is 0.394 e. The normalized spacial score (nSPS) is 12.3. The second kappa shape index (κ2) is 5.14. The first-order valence-corrected chi connectivity index (χ1v) is 5.07. The number of aliphatic hydroxyl groups excluding tert-OH is 1. The van der Waals surface area contributed by atoms with Gasteiger partial charge in [0.15, 0.2) is 6.29 Å². The Hall–Kier alpha value is -1.06. The Balaban J connectivity index is 3.13. The maximum Gasteiger partial charge on any atom is 0.153 e. The molecule has 0 radical (unpaired) electrons. The Morgan fingerprint density at radius 1 is 1.60 bits per heavy atom. The van der Waals surface area contributed by atoms with Crippen molar-refractivity contribution in [1.82, 2.24) is 0 Å². The molecule has 0 heterocycles. The minimum absolute atomic E-state index is 0.0291. The zero-order valence-corrected chi connectivity index (χ0v) is 9.53. The van der Waals surface area contributed by atoms with Crippen molar-refractivity contribution in [2.45, 2.75) is 13.0 Å². The summed E-state index contributed by atoms with van der Waals surface area (Å²) in [5.41, 5.74) is 1.20. The molecule has 15 heavy (non-hydrogen) atoms. The van der Waals surface area contributed by atoms with E-state index in [2.05, 4.69) is 0 Å². The van der Waals surface area contributed by atoms with Gasteiger partial charge in [-0.1, -0.05) is 17.7 Å². The van der Waals surface area contributed by atoms with E-state index >= 15 is 0 Å². The molecule has 0 aromatic heterocycles. The van der Waals surface area contributed by atoms with Crippen molar-refractivity contribution in [3.05, 3.63) is 28.8 Å². The minimum Gasteiger partial charge on any atom is -0.394 e. The van der Waals surface area contributed by atoms with Crippen molar-refractivity contribution in [1.29, 1.82) is 0 Å². The number of carbonyl (C=O) groups excluding carboxylic acids is 1. The summed E-state index contributed by atoms with van der Waals surface area (Å²) in [7, 11) is 1.82. The van der Waals surface area contributed by atoms with Crippen LogP contribution in [0.4, 0.5) is 5.69 Å². The van der Waals surface area contributed by atoms with Gasteiger partial charge >= 0.3 is 0 Å². The molecule has 0 saturated heterocycles. The molecule has 1 aromatic carbocycles. The lowest BCUT2D eigenvalue weighted by Crippen LogP contribution is -2.32. The topological polar surface area (TPSA) is 40.5 Å². The highest BCUT2D eigenvalue weighted by Gasteiger charge is 2.14. The fourth-order valence-electron chi connectivity index (χ4n) is 1.31. The molecular formula is C11H14ClNO2. The summed E-state index contributed by atoms with van der Waals surface area (Å²) in [5, 5.41) is 9.47. The van der Waals surface area contributed by atoms with E-state index in [1.807, 2.05) is 24.9 Å². The highest BCUT2D eigenvalue weighted by molar-refractivity contribution is 6.33. The second-order valence-corrected chi connectivity index (χ2v) is 3.84. The quantitative estimate of drug-likeness (QED) is 0.800. The average Bonchev–Trinajstić information content (AvgIpc) is 2.26. The minimum atomic E-state index is -0.0535. The molecule has 4 heteroatoms. The molecule has 1 aromatic rings. The van der Waals surface area contributed by atoms with Gasteiger partial charge in [-0.05, 0) is 19.1 Å². The number of aliphatic hydroxyl groups is 1. The first-order chi connectivity index (χ1) is 7.11. The van der Waals surface area contributed by atoms with Gasteiger partial charge in [0.1, 0.15) is 0 Å². The van der Waals surface area contributed by atoms with Gasteiger partial charge in [-0.2, -0.15) is 0 Å². The van der Waals surface area contributed by atoms with Gasteiger partial charge < -0.3 is 10.0 Å². The van der Waals surface area contributed by atoms with Crippen LogP contribution >= 0.6 is 11.6 Å². The van der Waals surface area contributed by atoms with Crippen molar-refractivity contribution in [3.63, 3.8) is 0 Å². The summed E-state index contributed by atoms with van der Waals surface area (Å²) in [6.45, 7) is 1.90. The second-order valence-electron chi connectivity index (χ2n) is 3.43. The molecule has 1 atom stereocenters. The molecule has 1 unspecified atom stereocenters. The Morgan fingerprint density at radius 2 is 2.27 bits per heavy atom. The summed E-state index contributed by atoms with van der Waals surface area (Å²) in [6.07, 6.45) is 0.734. The number of hydrogen-bond donors (Lipinski definition) is 1. The van der Waals surface area contributed by atoms with Gasteiger partial charge in [-0.3, -0.25) is 4.79 Å². The van der Waals surface area contributed by atoms with Gasteiger partial charge in [0, 0.05) is 18.8 Å². The molecule has 1 rings (SSSR count). The van der Waals surface area contributed by atoms with E-state index in [9.17, 15) is 4.79 Å². The lowest BCUT2D eigenvalue weighted by molar-refractivity contribution is 0.112. The number of anilines is 1. The number of benzene rings is 1. The number of carbonyl (C=O) groups is 1. The number of hydrogen-bond acceptors (Lipinski definition) is 3. The van der Waals surface area contributed by atoms with Crippen LogP contribution in [0.15, 0.2) is 18.2 Å². The first-order valence-electron chi connectivity index (χ1n) is 4.69. The molecule has 0 aliphatic rings. The first kappa shape index (κ1) is 12.0. The van der Waals surface area contributed by atoms with Gasteiger partial charge in [0.05, 0.1) is 17.2 Å². The van der Waals surface area contributed by atoms with E-state index in [-0.39, 0.29) is 12.6 Å². The lowest BCUT2D eigenvalue weighted by Gasteiger charge is -2.26.